The lowest BCUT2D eigenvalue weighted by atomic mass is 10.1. The number of hydrazone groups is 1. The van der Waals surface area contributed by atoms with Gasteiger partial charge in [0.2, 0.25) is 0 Å². The Balaban J connectivity index is 1.64. The van der Waals surface area contributed by atoms with Gasteiger partial charge in [0.25, 0.3) is 0 Å². The average Bonchev–Trinajstić information content (AvgIpc) is 3.19. The van der Waals surface area contributed by atoms with Crippen LogP contribution in [0, 0.1) is 0 Å². The third-order valence-electron chi connectivity index (χ3n) is 4.25. The van der Waals surface area contributed by atoms with Gasteiger partial charge in [-0.15, -0.1) is 11.3 Å². The number of hydrogen-bond acceptors (Lipinski definition) is 7. The number of anilines is 1. The van der Waals surface area contributed by atoms with Crippen LogP contribution in [0.5, 0.6) is 11.5 Å². The number of aromatic nitrogens is 2. The smallest absolute Gasteiger partial charge is 0.161 e. The molecule has 0 aliphatic carbocycles. The molecule has 0 atom stereocenters. The second-order valence-electron chi connectivity index (χ2n) is 5.90. The monoisotopic (exact) mass is 390 g/mol. The minimum Gasteiger partial charge on any atom is -0.493 e. The molecule has 0 fully saturated rings. The van der Waals surface area contributed by atoms with E-state index in [9.17, 15) is 0 Å². The maximum absolute atomic E-state index is 5.33. The van der Waals surface area contributed by atoms with Gasteiger partial charge in [0.1, 0.15) is 11.2 Å². The highest BCUT2D eigenvalue weighted by atomic mass is 32.1. The number of hydrogen-bond donors (Lipinski definition) is 1. The first-order valence-electron chi connectivity index (χ1n) is 8.59. The van der Waals surface area contributed by atoms with Crippen LogP contribution < -0.4 is 14.9 Å². The molecule has 0 bridgehead atoms. The van der Waals surface area contributed by atoms with Crippen molar-refractivity contribution in [3.63, 3.8) is 0 Å². The minimum atomic E-state index is 0.653. The molecule has 0 amide bonds. The Morgan fingerprint density at radius 3 is 2.61 bits per heavy atom. The summed E-state index contributed by atoms with van der Waals surface area (Å²) in [6.07, 6.45) is 3.26. The zero-order chi connectivity index (χ0) is 19.3. The number of fused-ring (bicyclic) bond motifs is 1. The van der Waals surface area contributed by atoms with Gasteiger partial charge in [0.15, 0.2) is 17.3 Å². The molecular formula is C21H18N4O2S. The highest BCUT2D eigenvalue weighted by Gasteiger charge is 2.12. The second kappa shape index (κ2) is 8.06. The fourth-order valence-corrected chi connectivity index (χ4v) is 3.81. The van der Waals surface area contributed by atoms with Crippen molar-refractivity contribution in [2.24, 2.45) is 5.10 Å². The summed E-state index contributed by atoms with van der Waals surface area (Å²) in [5.74, 6) is 2.00. The molecule has 2 aromatic carbocycles. The summed E-state index contributed by atoms with van der Waals surface area (Å²) in [5, 5.41) is 7.41. The summed E-state index contributed by atoms with van der Waals surface area (Å²) in [6, 6.07) is 15.8. The molecule has 0 saturated heterocycles. The summed E-state index contributed by atoms with van der Waals surface area (Å²) in [4.78, 5) is 9.68. The average molecular weight is 390 g/mol. The Kier molecular flexibility index (Phi) is 5.16. The van der Waals surface area contributed by atoms with Crippen LogP contribution in [0.15, 0.2) is 65.3 Å². The third-order valence-corrected chi connectivity index (χ3v) is 5.13. The van der Waals surface area contributed by atoms with E-state index in [0.717, 1.165) is 26.9 Å². The standard InChI is InChI=1S/C21H18N4O2S/c1-26-17-9-8-14(10-18(17)27-2)11-24-25-20-19-16(15-6-4-3-5-7-15)12-28-21(19)23-13-22-20/h3-13H,1-2H3,(H,22,23,25)/b24-11+. The number of thiophene rings is 1. The Hall–Kier alpha value is -3.45. The second-order valence-corrected chi connectivity index (χ2v) is 6.76. The molecule has 7 heteroatoms. The van der Waals surface area contributed by atoms with Gasteiger partial charge in [0, 0.05) is 10.9 Å². The van der Waals surface area contributed by atoms with Crippen LogP contribution in [0.1, 0.15) is 5.56 Å². The lowest BCUT2D eigenvalue weighted by Crippen LogP contribution is -1.96. The van der Waals surface area contributed by atoms with Gasteiger partial charge >= 0.3 is 0 Å². The summed E-state index contributed by atoms with van der Waals surface area (Å²) >= 11 is 1.59. The van der Waals surface area contributed by atoms with Crippen LogP contribution in [0.2, 0.25) is 0 Å². The van der Waals surface area contributed by atoms with Crippen molar-refractivity contribution < 1.29 is 9.47 Å². The first kappa shape index (κ1) is 17.9. The van der Waals surface area contributed by atoms with Crippen LogP contribution in [0.25, 0.3) is 21.3 Å². The summed E-state index contributed by atoms with van der Waals surface area (Å²) < 4.78 is 10.6. The van der Waals surface area contributed by atoms with Gasteiger partial charge in [-0.05, 0) is 29.3 Å². The molecule has 0 unspecified atom stereocenters. The van der Waals surface area contributed by atoms with Crippen molar-refractivity contribution in [3.8, 4) is 22.6 Å². The molecule has 2 heterocycles. The quantitative estimate of drug-likeness (QED) is 0.378. The highest BCUT2D eigenvalue weighted by Crippen LogP contribution is 2.36. The number of rotatable bonds is 6. The zero-order valence-electron chi connectivity index (χ0n) is 15.4. The predicted molar refractivity (Wildman–Crippen MR) is 114 cm³/mol. The molecule has 0 aliphatic heterocycles. The first-order valence-corrected chi connectivity index (χ1v) is 9.47. The van der Waals surface area contributed by atoms with Gasteiger partial charge in [-0.25, -0.2) is 9.97 Å². The van der Waals surface area contributed by atoms with E-state index in [1.165, 1.54) is 0 Å². The predicted octanol–water partition coefficient (Wildman–Crippen LogP) is 4.82. The van der Waals surface area contributed by atoms with E-state index in [2.05, 4.69) is 38.0 Å². The maximum atomic E-state index is 5.33. The number of nitrogens with one attached hydrogen (secondary N) is 1. The fourth-order valence-electron chi connectivity index (χ4n) is 2.89. The van der Waals surface area contributed by atoms with Crippen LogP contribution in [-0.4, -0.2) is 30.4 Å². The van der Waals surface area contributed by atoms with Crippen molar-refractivity contribution in [1.29, 1.82) is 0 Å². The normalized spacial score (nSPS) is 11.1. The third kappa shape index (κ3) is 3.52. The molecule has 1 N–H and O–H groups in total. The lowest BCUT2D eigenvalue weighted by Gasteiger charge is -2.07. The van der Waals surface area contributed by atoms with E-state index in [0.29, 0.717) is 17.3 Å². The molecular weight excluding hydrogens is 372 g/mol. The molecule has 0 aliphatic rings. The van der Waals surface area contributed by atoms with Gasteiger partial charge in [-0.2, -0.15) is 5.10 Å². The van der Waals surface area contributed by atoms with E-state index in [1.807, 2.05) is 36.4 Å². The zero-order valence-corrected chi connectivity index (χ0v) is 16.2. The fraction of sp³-hybridized carbons (Fsp3) is 0.0952. The number of methoxy groups -OCH3 is 2. The van der Waals surface area contributed by atoms with Crippen LogP contribution >= 0.6 is 11.3 Å². The van der Waals surface area contributed by atoms with Crippen LogP contribution in [0.3, 0.4) is 0 Å². The van der Waals surface area contributed by atoms with Crippen LogP contribution in [-0.2, 0) is 0 Å². The SMILES string of the molecule is COc1ccc(/C=N/Nc2ncnc3scc(-c4ccccc4)c23)cc1OC. The molecule has 6 nitrogen and oxygen atoms in total. The van der Waals surface area contributed by atoms with E-state index in [1.54, 1.807) is 38.1 Å². The Morgan fingerprint density at radius 1 is 1.00 bits per heavy atom. The Bertz CT molecular complexity index is 1130. The minimum absolute atomic E-state index is 0.653. The van der Waals surface area contributed by atoms with E-state index >= 15 is 0 Å². The van der Waals surface area contributed by atoms with Gasteiger partial charge in [-0.1, -0.05) is 30.3 Å². The number of nitrogens with zero attached hydrogens (tertiary/aromatic N) is 3. The molecule has 0 radical (unpaired) electrons. The number of benzene rings is 2. The highest BCUT2D eigenvalue weighted by molar-refractivity contribution is 7.17. The van der Waals surface area contributed by atoms with Crippen molar-refractivity contribution in [1.82, 2.24) is 9.97 Å². The van der Waals surface area contributed by atoms with E-state index in [-0.39, 0.29) is 0 Å². The lowest BCUT2D eigenvalue weighted by molar-refractivity contribution is 0.355. The van der Waals surface area contributed by atoms with Gasteiger partial charge < -0.3 is 9.47 Å². The number of ether oxygens (including phenoxy) is 2. The maximum Gasteiger partial charge on any atom is 0.161 e. The van der Waals surface area contributed by atoms with Crippen molar-refractivity contribution in [2.45, 2.75) is 0 Å². The van der Waals surface area contributed by atoms with Crippen molar-refractivity contribution in [2.75, 3.05) is 19.6 Å². The molecule has 28 heavy (non-hydrogen) atoms. The molecule has 0 spiro atoms. The summed E-state index contributed by atoms with van der Waals surface area (Å²) in [5.41, 5.74) is 6.14. The molecule has 0 saturated carbocycles. The molecule has 2 aromatic heterocycles. The van der Waals surface area contributed by atoms with E-state index < -0.39 is 0 Å². The van der Waals surface area contributed by atoms with Gasteiger partial charge in [0.05, 0.1) is 25.8 Å². The topological polar surface area (TPSA) is 68.6 Å². The molecule has 4 rings (SSSR count). The Morgan fingerprint density at radius 2 is 1.82 bits per heavy atom. The van der Waals surface area contributed by atoms with E-state index in [4.69, 9.17) is 9.47 Å². The molecule has 140 valence electrons. The van der Waals surface area contributed by atoms with Crippen molar-refractivity contribution >= 4 is 33.6 Å². The first-order chi connectivity index (χ1) is 13.8. The van der Waals surface area contributed by atoms with Crippen LogP contribution in [0.4, 0.5) is 5.82 Å². The molecule has 4 aromatic rings. The van der Waals surface area contributed by atoms with Crippen molar-refractivity contribution in [3.05, 3.63) is 65.8 Å². The summed E-state index contributed by atoms with van der Waals surface area (Å²) in [7, 11) is 3.22. The summed E-state index contributed by atoms with van der Waals surface area (Å²) in [6.45, 7) is 0. The largest absolute Gasteiger partial charge is 0.493 e. The Labute approximate surface area is 166 Å². The van der Waals surface area contributed by atoms with Gasteiger partial charge in [-0.3, -0.25) is 5.43 Å².